The van der Waals surface area contributed by atoms with Gasteiger partial charge >= 0.3 is 6.09 Å². The number of pyridine rings is 1. The molecule has 1 aromatic heterocycles. The number of methoxy groups -OCH3 is 1. The summed E-state index contributed by atoms with van der Waals surface area (Å²) in [5.41, 5.74) is -0.569. The first kappa shape index (κ1) is 45.1. The van der Waals surface area contributed by atoms with Crippen molar-refractivity contribution >= 4 is 56.5 Å². The Morgan fingerprint density at radius 3 is 2.50 bits per heavy atom. The number of carbonyl (C=O) groups is 5. The van der Waals surface area contributed by atoms with E-state index in [4.69, 9.17) is 19.2 Å². The third-order valence-corrected chi connectivity index (χ3v) is 15.1. The molecule has 62 heavy (non-hydrogen) atoms. The lowest BCUT2D eigenvalue weighted by Gasteiger charge is -2.35. The molecule has 3 heterocycles. The molecule has 3 aliphatic carbocycles. The average Bonchev–Trinajstić information content (AvgIpc) is 4.18. The summed E-state index contributed by atoms with van der Waals surface area (Å²) < 4.78 is 46.4. The second kappa shape index (κ2) is 18.0. The van der Waals surface area contributed by atoms with Gasteiger partial charge in [0.2, 0.25) is 27.7 Å². The molecular formula is C45H62N6O10S. The molecule has 0 unspecified atom stereocenters. The Morgan fingerprint density at radius 1 is 1.10 bits per heavy atom. The van der Waals surface area contributed by atoms with Crippen LogP contribution in [-0.2, 0) is 40.4 Å². The van der Waals surface area contributed by atoms with Gasteiger partial charge in [0, 0.05) is 43.3 Å². The normalized spacial score (nSPS) is 26.9. The second-order valence-corrected chi connectivity index (χ2v) is 20.6. The highest BCUT2D eigenvalue weighted by molar-refractivity contribution is 7.91. The van der Waals surface area contributed by atoms with E-state index in [-0.39, 0.29) is 37.8 Å². The molecule has 5 atom stereocenters. The number of nitrogens with one attached hydrogen (secondary N) is 3. The SMILES string of the molecule is C=C[C@H]1C[C@@]1(NC(=O)[C@@H]1C[C@@H]2CN1C(=O)[C@H](C1CCCCC1)NC(=O)OCC(C)(C)CCCc1cc3c(cc(N(C)C(=O)CCC)nc3cc1OC)O2)C(=O)NS(=O)(=O)C1CC1. The van der Waals surface area contributed by atoms with Crippen molar-refractivity contribution in [3.63, 3.8) is 0 Å². The molecule has 7 rings (SSSR count). The minimum Gasteiger partial charge on any atom is -0.496 e. The number of aryl methyl sites for hydroxylation is 1. The van der Waals surface area contributed by atoms with Crippen LogP contribution in [-0.4, -0.2) is 104 Å². The molecule has 2 aliphatic heterocycles. The van der Waals surface area contributed by atoms with Gasteiger partial charge in [-0.3, -0.25) is 28.8 Å². The number of sulfonamides is 1. The molecule has 4 fully saturated rings. The molecule has 4 bridgehead atoms. The van der Waals surface area contributed by atoms with E-state index in [1.54, 1.807) is 20.2 Å². The number of rotatable bonds is 11. The van der Waals surface area contributed by atoms with E-state index in [1.165, 1.54) is 15.9 Å². The van der Waals surface area contributed by atoms with Gasteiger partial charge in [0.15, 0.2) is 0 Å². The summed E-state index contributed by atoms with van der Waals surface area (Å²) in [6, 6.07) is 3.31. The summed E-state index contributed by atoms with van der Waals surface area (Å²) in [4.78, 5) is 78.0. The molecule has 1 saturated heterocycles. The van der Waals surface area contributed by atoms with E-state index in [0.717, 1.165) is 31.2 Å². The molecule has 0 spiro atoms. The number of alkyl carbamates (subject to hydrolysis) is 1. The van der Waals surface area contributed by atoms with E-state index in [0.29, 0.717) is 79.6 Å². The topological polar surface area (TPSA) is 203 Å². The Balaban J connectivity index is 1.29. The van der Waals surface area contributed by atoms with Crippen LogP contribution < -0.4 is 29.7 Å². The summed E-state index contributed by atoms with van der Waals surface area (Å²) in [6.45, 7) is 9.83. The Kier molecular flexibility index (Phi) is 13.1. The number of ether oxygens (including phenoxy) is 3. The summed E-state index contributed by atoms with van der Waals surface area (Å²) in [6.07, 6.45) is 8.20. The first-order valence-corrected chi connectivity index (χ1v) is 23.7. The number of fused-ring (bicyclic) bond motifs is 3. The predicted molar refractivity (Wildman–Crippen MR) is 232 cm³/mol. The van der Waals surface area contributed by atoms with Crippen LogP contribution >= 0.6 is 0 Å². The van der Waals surface area contributed by atoms with Gasteiger partial charge in [0.05, 0.1) is 31.0 Å². The summed E-state index contributed by atoms with van der Waals surface area (Å²) in [5, 5.41) is 5.75. The van der Waals surface area contributed by atoms with Gasteiger partial charge in [-0.15, -0.1) is 6.58 Å². The third-order valence-electron chi connectivity index (χ3n) is 13.3. The highest BCUT2D eigenvalue weighted by atomic mass is 32.2. The van der Waals surface area contributed by atoms with Gasteiger partial charge in [0.1, 0.15) is 41.0 Å². The highest BCUT2D eigenvalue weighted by Gasteiger charge is 2.62. The summed E-state index contributed by atoms with van der Waals surface area (Å²) in [5.74, 6) is -1.53. The second-order valence-electron chi connectivity index (χ2n) is 18.6. The summed E-state index contributed by atoms with van der Waals surface area (Å²) >= 11 is 0. The van der Waals surface area contributed by atoms with Crippen LogP contribution in [0.3, 0.4) is 0 Å². The molecule has 2 aromatic rings. The van der Waals surface area contributed by atoms with E-state index < -0.39 is 74.1 Å². The number of anilines is 1. The van der Waals surface area contributed by atoms with Crippen molar-refractivity contribution in [2.75, 3.05) is 32.2 Å². The molecule has 0 radical (unpaired) electrons. The van der Waals surface area contributed by atoms with Crippen LogP contribution in [0.15, 0.2) is 30.9 Å². The number of hydrogen-bond acceptors (Lipinski definition) is 11. The third kappa shape index (κ3) is 9.66. The first-order valence-electron chi connectivity index (χ1n) is 22.2. The van der Waals surface area contributed by atoms with Crippen molar-refractivity contribution < 1.29 is 46.6 Å². The molecule has 3 N–H and O–H groups in total. The monoisotopic (exact) mass is 878 g/mol. The molecular weight excluding hydrogens is 817 g/mol. The van der Waals surface area contributed by atoms with Crippen molar-refractivity contribution in [3.8, 4) is 11.5 Å². The van der Waals surface area contributed by atoms with Crippen LogP contribution in [0.1, 0.15) is 110 Å². The number of carbonyl (C=O) groups excluding carboxylic acids is 5. The zero-order valence-electron chi connectivity index (χ0n) is 36.6. The van der Waals surface area contributed by atoms with Crippen LogP contribution in [0.2, 0.25) is 0 Å². The van der Waals surface area contributed by atoms with Gasteiger partial charge in [-0.1, -0.05) is 46.1 Å². The van der Waals surface area contributed by atoms with E-state index in [1.807, 2.05) is 32.9 Å². The van der Waals surface area contributed by atoms with E-state index in [2.05, 4.69) is 21.9 Å². The zero-order valence-corrected chi connectivity index (χ0v) is 37.4. The number of nitrogens with zero attached hydrogens (tertiary/aromatic N) is 3. The minimum absolute atomic E-state index is 0.00279. The fraction of sp³-hybridized carbons (Fsp3) is 0.644. The van der Waals surface area contributed by atoms with E-state index in [9.17, 15) is 27.6 Å². The number of hydrogen-bond donors (Lipinski definition) is 3. The largest absolute Gasteiger partial charge is 0.496 e. The van der Waals surface area contributed by atoms with Crippen LogP contribution in [0.5, 0.6) is 11.5 Å². The number of aromatic nitrogens is 1. The lowest BCUT2D eigenvalue weighted by molar-refractivity contribution is -0.142. The average molecular weight is 879 g/mol. The van der Waals surface area contributed by atoms with Gasteiger partial charge in [-0.05, 0) is 80.8 Å². The standard InChI is InChI=1S/C45H62N6O10S/c1-7-13-38(52)50(5)37-23-36-32-20-28(35(59-6)22-33(32)46-37)16-12-19-44(3,4)26-60-43(56)47-39(27-14-10-9-11-15-27)41(54)51-25-30(61-36)21-34(51)40(53)48-45(24-29(45)8-2)42(55)49-62(57,58)31-17-18-31/h8,20,22-23,27,29-31,34,39H,2,7,9-19,21,24-26H2,1,3-6H3,(H,47,56)(H,48,53)(H,49,55)/t29-,30+,34-,39-,45-/m0/s1. The Morgan fingerprint density at radius 2 is 1.84 bits per heavy atom. The van der Waals surface area contributed by atoms with Crippen LogP contribution in [0.4, 0.5) is 10.6 Å². The van der Waals surface area contributed by atoms with Crippen LogP contribution in [0.25, 0.3) is 10.9 Å². The van der Waals surface area contributed by atoms with E-state index >= 15 is 4.79 Å². The van der Waals surface area contributed by atoms with Crippen molar-refractivity contribution in [2.45, 2.75) is 140 Å². The van der Waals surface area contributed by atoms with Crippen LogP contribution in [0, 0.1) is 17.3 Å². The van der Waals surface area contributed by atoms with Gasteiger partial charge < -0.3 is 29.7 Å². The molecule has 338 valence electrons. The smallest absolute Gasteiger partial charge is 0.407 e. The summed E-state index contributed by atoms with van der Waals surface area (Å²) in [7, 11) is -0.689. The Labute approximate surface area is 364 Å². The molecule has 1 aromatic carbocycles. The quantitative estimate of drug-likeness (QED) is 0.255. The maximum Gasteiger partial charge on any atom is 0.407 e. The van der Waals surface area contributed by atoms with Gasteiger partial charge in [-0.2, -0.15) is 0 Å². The van der Waals surface area contributed by atoms with Crippen molar-refractivity contribution in [2.24, 2.45) is 17.3 Å². The Bertz CT molecular complexity index is 2200. The van der Waals surface area contributed by atoms with Gasteiger partial charge in [-0.25, -0.2) is 18.2 Å². The number of cyclic esters (lactones) is 1. The molecule has 16 nitrogen and oxygen atoms in total. The van der Waals surface area contributed by atoms with Crippen molar-refractivity contribution in [1.29, 1.82) is 0 Å². The lowest BCUT2D eigenvalue weighted by atomic mass is 9.83. The number of amides is 5. The van der Waals surface area contributed by atoms with Crippen molar-refractivity contribution in [3.05, 3.63) is 36.4 Å². The maximum absolute atomic E-state index is 15.0. The van der Waals surface area contributed by atoms with Gasteiger partial charge in [0.25, 0.3) is 5.91 Å². The fourth-order valence-electron chi connectivity index (χ4n) is 9.28. The number of benzene rings is 1. The zero-order chi connectivity index (χ0) is 44.6. The molecule has 3 saturated carbocycles. The lowest BCUT2D eigenvalue weighted by Crippen LogP contribution is -2.59. The predicted octanol–water partition coefficient (Wildman–Crippen LogP) is 5.06. The minimum atomic E-state index is -3.93. The molecule has 5 aliphatic rings. The highest BCUT2D eigenvalue weighted by Crippen LogP contribution is 2.46. The van der Waals surface area contributed by atoms with Crippen molar-refractivity contribution in [1.82, 2.24) is 25.2 Å². The molecule has 5 amide bonds. The Hall–Kier alpha value is -4.93. The maximum atomic E-state index is 15.0. The fourth-order valence-corrected chi connectivity index (χ4v) is 10.6. The molecule has 17 heteroatoms. The first-order chi connectivity index (χ1) is 29.5.